The summed E-state index contributed by atoms with van der Waals surface area (Å²) in [5.74, 6) is -1.09. The Morgan fingerprint density at radius 2 is 1.74 bits per heavy atom. The minimum Gasteiger partial charge on any atom is -0.465 e. The first kappa shape index (κ1) is 16.2. The monoisotopic (exact) mass is 348 g/mol. The maximum atomic E-state index is 12.1. The molecule has 4 nitrogen and oxygen atoms in total. The van der Waals surface area contributed by atoms with E-state index < -0.39 is 17.4 Å². The fraction of sp³-hybridized carbons (Fsp3) is 0.538. The number of thiophene rings is 1. The van der Waals surface area contributed by atoms with Gasteiger partial charge in [0.15, 0.2) is 5.41 Å². The van der Waals surface area contributed by atoms with Crippen molar-refractivity contribution in [1.29, 1.82) is 0 Å². The van der Waals surface area contributed by atoms with Gasteiger partial charge in [-0.2, -0.15) is 0 Å². The third-order valence-corrected chi connectivity index (χ3v) is 4.23. The minimum atomic E-state index is -1.30. The maximum absolute atomic E-state index is 12.1. The fourth-order valence-electron chi connectivity index (χ4n) is 1.60. The standard InChI is InChI=1S/C13H17BrO4S/c1-4-17-11(15)13(3,12(16)18-5-2)8-9-6-7-10(14)19-9/h6-7H,4-5,8H2,1-3H3. The largest absolute Gasteiger partial charge is 0.465 e. The van der Waals surface area contributed by atoms with Crippen LogP contribution < -0.4 is 0 Å². The van der Waals surface area contributed by atoms with Crippen LogP contribution in [0, 0.1) is 5.41 Å². The fourth-order valence-corrected chi connectivity index (χ4v) is 3.24. The van der Waals surface area contributed by atoms with Crippen molar-refractivity contribution in [2.45, 2.75) is 27.2 Å². The van der Waals surface area contributed by atoms with Crippen LogP contribution in [0.2, 0.25) is 0 Å². The molecule has 0 saturated carbocycles. The third kappa shape index (κ3) is 4.04. The van der Waals surface area contributed by atoms with Gasteiger partial charge in [-0.15, -0.1) is 11.3 Å². The molecule has 0 unspecified atom stereocenters. The lowest BCUT2D eigenvalue weighted by Crippen LogP contribution is -2.41. The van der Waals surface area contributed by atoms with Crippen molar-refractivity contribution >= 4 is 39.2 Å². The van der Waals surface area contributed by atoms with Crippen LogP contribution in [0.3, 0.4) is 0 Å². The summed E-state index contributed by atoms with van der Waals surface area (Å²) < 4.78 is 11.0. The van der Waals surface area contributed by atoms with E-state index in [1.807, 2.05) is 12.1 Å². The first-order valence-electron chi connectivity index (χ1n) is 6.02. The van der Waals surface area contributed by atoms with Crippen molar-refractivity contribution in [3.05, 3.63) is 20.8 Å². The molecule has 1 heterocycles. The van der Waals surface area contributed by atoms with Gasteiger partial charge in [-0.3, -0.25) is 9.59 Å². The van der Waals surface area contributed by atoms with Gasteiger partial charge in [-0.25, -0.2) is 0 Å². The number of rotatable bonds is 6. The van der Waals surface area contributed by atoms with Gasteiger partial charge in [0.2, 0.25) is 0 Å². The van der Waals surface area contributed by atoms with E-state index >= 15 is 0 Å². The summed E-state index contributed by atoms with van der Waals surface area (Å²) in [6, 6.07) is 3.77. The maximum Gasteiger partial charge on any atom is 0.323 e. The van der Waals surface area contributed by atoms with Crippen molar-refractivity contribution in [1.82, 2.24) is 0 Å². The van der Waals surface area contributed by atoms with Crippen LogP contribution in [0.1, 0.15) is 25.6 Å². The van der Waals surface area contributed by atoms with Gasteiger partial charge in [0, 0.05) is 11.3 Å². The van der Waals surface area contributed by atoms with Crippen molar-refractivity contribution in [3.63, 3.8) is 0 Å². The second-order valence-electron chi connectivity index (χ2n) is 4.16. The molecule has 106 valence electrons. The smallest absolute Gasteiger partial charge is 0.323 e. The predicted molar refractivity (Wildman–Crippen MR) is 77.1 cm³/mol. The van der Waals surface area contributed by atoms with E-state index in [2.05, 4.69) is 15.9 Å². The molecule has 6 heteroatoms. The molecule has 19 heavy (non-hydrogen) atoms. The van der Waals surface area contributed by atoms with Gasteiger partial charge in [-0.05, 0) is 48.8 Å². The van der Waals surface area contributed by atoms with E-state index in [-0.39, 0.29) is 19.6 Å². The number of carbonyl (C=O) groups is 2. The van der Waals surface area contributed by atoms with E-state index in [4.69, 9.17) is 9.47 Å². The molecule has 0 aliphatic carbocycles. The summed E-state index contributed by atoms with van der Waals surface area (Å²) in [4.78, 5) is 25.1. The first-order chi connectivity index (χ1) is 8.93. The molecule has 0 saturated heterocycles. The Balaban J connectivity index is 2.97. The van der Waals surface area contributed by atoms with E-state index in [1.54, 1.807) is 20.8 Å². The lowest BCUT2D eigenvalue weighted by atomic mass is 9.86. The Hall–Kier alpha value is -0.880. The van der Waals surface area contributed by atoms with Crippen molar-refractivity contribution in [3.8, 4) is 0 Å². The Morgan fingerprint density at radius 3 is 2.11 bits per heavy atom. The molecule has 0 radical (unpaired) electrons. The van der Waals surface area contributed by atoms with Crippen LogP contribution in [0.25, 0.3) is 0 Å². The molecule has 1 rings (SSSR count). The molecular formula is C13H17BrO4S. The molecular weight excluding hydrogens is 332 g/mol. The van der Waals surface area contributed by atoms with E-state index in [0.717, 1.165) is 8.66 Å². The molecule has 0 amide bonds. The molecule has 0 fully saturated rings. The van der Waals surface area contributed by atoms with Crippen LogP contribution in [-0.2, 0) is 25.5 Å². The van der Waals surface area contributed by atoms with Gasteiger partial charge in [-0.1, -0.05) is 0 Å². The Labute approximate surface area is 125 Å². The number of carbonyl (C=O) groups excluding carboxylic acids is 2. The van der Waals surface area contributed by atoms with E-state index in [9.17, 15) is 9.59 Å². The highest BCUT2D eigenvalue weighted by atomic mass is 79.9. The van der Waals surface area contributed by atoms with Gasteiger partial charge in [0.25, 0.3) is 0 Å². The SMILES string of the molecule is CCOC(=O)C(C)(Cc1ccc(Br)s1)C(=O)OCC. The van der Waals surface area contributed by atoms with Crippen LogP contribution >= 0.6 is 27.3 Å². The number of esters is 2. The number of ether oxygens (including phenoxy) is 2. The Bertz CT molecular complexity index is 437. The molecule has 1 aromatic rings. The predicted octanol–water partition coefficient (Wildman–Crippen LogP) is 3.19. The number of halogens is 1. The zero-order valence-corrected chi connectivity index (χ0v) is 13.6. The lowest BCUT2D eigenvalue weighted by Gasteiger charge is -2.24. The molecule has 0 aromatic carbocycles. The average Bonchev–Trinajstić information content (AvgIpc) is 2.75. The van der Waals surface area contributed by atoms with Crippen LogP contribution in [0.5, 0.6) is 0 Å². The van der Waals surface area contributed by atoms with Crippen molar-refractivity contribution in [2.24, 2.45) is 5.41 Å². The topological polar surface area (TPSA) is 52.6 Å². The second kappa shape index (κ2) is 7.05. The van der Waals surface area contributed by atoms with Crippen molar-refractivity contribution in [2.75, 3.05) is 13.2 Å². The Morgan fingerprint density at radius 1 is 1.21 bits per heavy atom. The van der Waals surface area contributed by atoms with Gasteiger partial charge in [0.1, 0.15) is 0 Å². The third-order valence-electron chi connectivity index (χ3n) is 2.61. The number of hydrogen-bond acceptors (Lipinski definition) is 5. The van der Waals surface area contributed by atoms with E-state index in [1.165, 1.54) is 11.3 Å². The van der Waals surface area contributed by atoms with Crippen molar-refractivity contribution < 1.29 is 19.1 Å². The Kier molecular flexibility index (Phi) is 6.00. The highest BCUT2D eigenvalue weighted by Gasteiger charge is 2.44. The second-order valence-corrected chi connectivity index (χ2v) is 6.70. The summed E-state index contributed by atoms with van der Waals surface area (Å²) in [7, 11) is 0. The summed E-state index contributed by atoms with van der Waals surface area (Å²) in [6.45, 7) is 5.47. The molecule has 0 aliphatic heterocycles. The lowest BCUT2D eigenvalue weighted by molar-refractivity contribution is -0.170. The molecule has 0 spiro atoms. The van der Waals surface area contributed by atoms with Gasteiger partial charge in [0.05, 0.1) is 17.0 Å². The summed E-state index contributed by atoms with van der Waals surface area (Å²) in [5, 5.41) is 0. The molecule has 0 bridgehead atoms. The molecule has 0 aliphatic rings. The van der Waals surface area contributed by atoms with Gasteiger partial charge >= 0.3 is 11.9 Å². The van der Waals surface area contributed by atoms with E-state index in [0.29, 0.717) is 0 Å². The van der Waals surface area contributed by atoms with Gasteiger partial charge < -0.3 is 9.47 Å². The normalized spacial score (nSPS) is 11.2. The summed E-state index contributed by atoms with van der Waals surface area (Å²) >= 11 is 4.85. The molecule has 0 N–H and O–H groups in total. The quantitative estimate of drug-likeness (QED) is 0.585. The average molecular weight is 349 g/mol. The highest BCUT2D eigenvalue weighted by Crippen LogP contribution is 2.31. The molecule has 1 aromatic heterocycles. The summed E-state index contributed by atoms with van der Waals surface area (Å²) in [6.07, 6.45) is 0.279. The zero-order chi connectivity index (χ0) is 14.5. The molecule has 0 atom stereocenters. The number of hydrogen-bond donors (Lipinski definition) is 0. The van der Waals surface area contributed by atoms with Crippen LogP contribution in [0.15, 0.2) is 15.9 Å². The highest BCUT2D eigenvalue weighted by molar-refractivity contribution is 9.11. The first-order valence-corrected chi connectivity index (χ1v) is 7.63. The summed E-state index contributed by atoms with van der Waals surface area (Å²) in [5.41, 5.74) is -1.30. The van der Waals surface area contributed by atoms with Crippen LogP contribution in [-0.4, -0.2) is 25.2 Å². The zero-order valence-electron chi connectivity index (χ0n) is 11.2. The van der Waals surface area contributed by atoms with Crippen LogP contribution in [0.4, 0.5) is 0 Å². The minimum absolute atomic E-state index is 0.238.